The monoisotopic (exact) mass is 381 g/mol. The summed E-state index contributed by atoms with van der Waals surface area (Å²) in [4.78, 5) is 2.60. The lowest BCUT2D eigenvalue weighted by Crippen LogP contribution is -2.37. The van der Waals surface area contributed by atoms with Crippen LogP contribution in [0.15, 0.2) is 54.6 Å². The van der Waals surface area contributed by atoms with Crippen molar-refractivity contribution in [1.82, 2.24) is 4.90 Å². The zero-order chi connectivity index (χ0) is 20.2. The number of hydrogen-bond donors (Lipinski definition) is 0. The minimum atomic E-state index is 0.649. The van der Waals surface area contributed by atoms with Gasteiger partial charge in [-0.3, -0.25) is 4.90 Å². The van der Waals surface area contributed by atoms with Crippen molar-refractivity contribution < 1.29 is 4.74 Å². The fraction of sp³-hybridized carbons (Fsp3) is 0.538. The zero-order valence-corrected chi connectivity index (χ0v) is 18.4. The molecule has 0 saturated heterocycles. The molecule has 28 heavy (non-hydrogen) atoms. The highest BCUT2D eigenvalue weighted by Gasteiger charge is 2.12. The van der Waals surface area contributed by atoms with E-state index in [0.29, 0.717) is 12.1 Å². The molecule has 0 heterocycles. The van der Waals surface area contributed by atoms with Crippen LogP contribution in [0.1, 0.15) is 66.2 Å². The summed E-state index contributed by atoms with van der Waals surface area (Å²) in [6.45, 7) is 11.2. The SMILES string of the molecule is CC(C)N(CCCCCCCCOc1ccccc1-c1ccccc1)C(C)C. The minimum Gasteiger partial charge on any atom is -0.493 e. The first-order chi connectivity index (χ1) is 13.6. The summed E-state index contributed by atoms with van der Waals surface area (Å²) >= 11 is 0. The molecule has 0 amide bonds. The number of nitrogens with zero attached hydrogens (tertiary/aromatic N) is 1. The lowest BCUT2D eigenvalue weighted by molar-refractivity contribution is 0.171. The molecular formula is C26H39NO. The number of benzene rings is 2. The van der Waals surface area contributed by atoms with Gasteiger partial charge < -0.3 is 4.74 Å². The average Bonchev–Trinajstić information content (AvgIpc) is 2.69. The number of hydrogen-bond acceptors (Lipinski definition) is 2. The molecule has 0 unspecified atom stereocenters. The second-order valence-electron chi connectivity index (χ2n) is 8.26. The number of ether oxygens (including phenoxy) is 1. The lowest BCUT2D eigenvalue weighted by Gasteiger charge is -2.30. The van der Waals surface area contributed by atoms with E-state index < -0.39 is 0 Å². The van der Waals surface area contributed by atoms with E-state index in [0.717, 1.165) is 18.8 Å². The Balaban J connectivity index is 1.61. The standard InChI is InChI=1S/C26H39NO/c1-22(2)27(23(3)4)20-14-7-5-6-8-15-21-28-26-19-13-12-18-25(26)24-16-10-9-11-17-24/h9-13,16-19,22-23H,5-8,14-15,20-21H2,1-4H3. The maximum atomic E-state index is 6.10. The van der Waals surface area contributed by atoms with E-state index in [1.54, 1.807) is 0 Å². The van der Waals surface area contributed by atoms with Crippen molar-refractivity contribution in [3.05, 3.63) is 54.6 Å². The predicted molar refractivity (Wildman–Crippen MR) is 122 cm³/mol. The molecular weight excluding hydrogens is 342 g/mol. The third kappa shape index (κ3) is 7.67. The van der Waals surface area contributed by atoms with Crippen molar-refractivity contribution >= 4 is 0 Å². The normalized spacial score (nSPS) is 11.5. The molecule has 2 rings (SSSR count). The topological polar surface area (TPSA) is 12.5 Å². The van der Waals surface area contributed by atoms with Crippen molar-refractivity contribution in [2.24, 2.45) is 0 Å². The van der Waals surface area contributed by atoms with Gasteiger partial charge in [-0.25, -0.2) is 0 Å². The van der Waals surface area contributed by atoms with Gasteiger partial charge in [-0.2, -0.15) is 0 Å². The second-order valence-corrected chi connectivity index (χ2v) is 8.26. The Morgan fingerprint density at radius 2 is 1.25 bits per heavy atom. The van der Waals surface area contributed by atoms with Crippen molar-refractivity contribution in [2.45, 2.75) is 78.3 Å². The summed E-state index contributed by atoms with van der Waals surface area (Å²) in [6, 6.07) is 20.1. The number of rotatable bonds is 13. The first-order valence-corrected chi connectivity index (χ1v) is 11.1. The molecule has 2 aromatic carbocycles. The van der Waals surface area contributed by atoms with Gasteiger partial charge in [-0.15, -0.1) is 0 Å². The predicted octanol–water partition coefficient (Wildman–Crippen LogP) is 7.19. The van der Waals surface area contributed by atoms with Gasteiger partial charge in [-0.05, 0) is 58.7 Å². The Kier molecular flexibility index (Phi) is 10.1. The summed E-state index contributed by atoms with van der Waals surface area (Å²) < 4.78 is 6.10. The van der Waals surface area contributed by atoms with Crippen LogP contribution in [-0.4, -0.2) is 30.1 Å². The van der Waals surface area contributed by atoms with Gasteiger partial charge in [0.1, 0.15) is 5.75 Å². The molecule has 154 valence electrons. The van der Waals surface area contributed by atoms with Gasteiger partial charge in [0, 0.05) is 17.6 Å². The van der Waals surface area contributed by atoms with Crippen LogP contribution in [-0.2, 0) is 0 Å². The molecule has 2 nitrogen and oxygen atoms in total. The summed E-state index contributed by atoms with van der Waals surface area (Å²) in [7, 11) is 0. The second kappa shape index (κ2) is 12.6. The van der Waals surface area contributed by atoms with E-state index in [4.69, 9.17) is 4.74 Å². The van der Waals surface area contributed by atoms with E-state index in [9.17, 15) is 0 Å². The van der Waals surface area contributed by atoms with Gasteiger partial charge in [0.2, 0.25) is 0 Å². The summed E-state index contributed by atoms with van der Waals surface area (Å²) in [5.74, 6) is 0.996. The molecule has 0 bridgehead atoms. The Labute approximate surface area is 172 Å². The molecule has 0 aliphatic heterocycles. The summed E-state index contributed by atoms with van der Waals surface area (Å²) in [6.07, 6.45) is 7.70. The molecule has 2 heteroatoms. The van der Waals surface area contributed by atoms with Crippen LogP contribution >= 0.6 is 0 Å². The van der Waals surface area contributed by atoms with Crippen molar-refractivity contribution in [2.75, 3.05) is 13.2 Å². The Hall–Kier alpha value is -1.80. The first-order valence-electron chi connectivity index (χ1n) is 11.1. The Bertz CT molecular complexity index is 642. The van der Waals surface area contributed by atoms with E-state index in [1.165, 1.54) is 49.8 Å². The highest BCUT2D eigenvalue weighted by molar-refractivity contribution is 5.70. The lowest BCUT2D eigenvalue weighted by atomic mass is 10.0. The van der Waals surface area contributed by atoms with Gasteiger partial charge in [0.15, 0.2) is 0 Å². The van der Waals surface area contributed by atoms with Crippen LogP contribution in [0.2, 0.25) is 0 Å². The van der Waals surface area contributed by atoms with Crippen LogP contribution < -0.4 is 4.74 Å². The van der Waals surface area contributed by atoms with Crippen LogP contribution in [0.3, 0.4) is 0 Å². The van der Waals surface area contributed by atoms with Crippen LogP contribution in [0, 0.1) is 0 Å². The first kappa shape index (κ1) is 22.5. The molecule has 0 radical (unpaired) electrons. The van der Waals surface area contributed by atoms with E-state index in [2.05, 4.69) is 87.2 Å². The van der Waals surface area contributed by atoms with Crippen LogP contribution in [0.4, 0.5) is 0 Å². The van der Waals surface area contributed by atoms with Crippen LogP contribution in [0.25, 0.3) is 11.1 Å². The fourth-order valence-corrected chi connectivity index (χ4v) is 3.85. The van der Waals surface area contributed by atoms with Gasteiger partial charge >= 0.3 is 0 Å². The van der Waals surface area contributed by atoms with E-state index >= 15 is 0 Å². The zero-order valence-electron chi connectivity index (χ0n) is 18.4. The molecule has 0 aliphatic carbocycles. The number of para-hydroxylation sites is 1. The van der Waals surface area contributed by atoms with Crippen LogP contribution in [0.5, 0.6) is 5.75 Å². The van der Waals surface area contributed by atoms with Gasteiger partial charge in [0.05, 0.1) is 6.61 Å². The van der Waals surface area contributed by atoms with Crippen molar-refractivity contribution in [3.8, 4) is 16.9 Å². The third-order valence-electron chi connectivity index (χ3n) is 5.37. The maximum Gasteiger partial charge on any atom is 0.127 e. The molecule has 0 spiro atoms. The average molecular weight is 382 g/mol. The number of unbranched alkanes of at least 4 members (excludes halogenated alkanes) is 5. The molecule has 2 aromatic rings. The summed E-state index contributed by atoms with van der Waals surface area (Å²) in [5.41, 5.74) is 2.40. The Morgan fingerprint density at radius 3 is 1.93 bits per heavy atom. The molecule has 0 atom stereocenters. The highest BCUT2D eigenvalue weighted by Crippen LogP contribution is 2.29. The fourth-order valence-electron chi connectivity index (χ4n) is 3.85. The van der Waals surface area contributed by atoms with Crippen molar-refractivity contribution in [3.63, 3.8) is 0 Å². The quantitative estimate of drug-likeness (QED) is 0.340. The maximum absolute atomic E-state index is 6.10. The molecule has 0 fully saturated rings. The van der Waals surface area contributed by atoms with E-state index in [1.807, 2.05) is 0 Å². The third-order valence-corrected chi connectivity index (χ3v) is 5.37. The smallest absolute Gasteiger partial charge is 0.127 e. The van der Waals surface area contributed by atoms with Crippen molar-refractivity contribution in [1.29, 1.82) is 0 Å². The highest BCUT2D eigenvalue weighted by atomic mass is 16.5. The summed E-state index contributed by atoms with van der Waals surface area (Å²) in [5, 5.41) is 0. The van der Waals surface area contributed by atoms with Gasteiger partial charge in [-0.1, -0.05) is 74.2 Å². The Morgan fingerprint density at radius 1 is 0.679 bits per heavy atom. The largest absolute Gasteiger partial charge is 0.493 e. The molecule has 0 N–H and O–H groups in total. The molecule has 0 aliphatic rings. The molecule has 0 aromatic heterocycles. The molecule has 0 saturated carbocycles. The van der Waals surface area contributed by atoms with E-state index in [-0.39, 0.29) is 0 Å². The minimum absolute atomic E-state index is 0.649. The van der Waals surface area contributed by atoms with Gasteiger partial charge in [0.25, 0.3) is 0 Å².